The smallest absolute Gasteiger partial charge is 0.0483 e. The van der Waals surface area contributed by atoms with E-state index < -0.39 is 0 Å². The Balaban J connectivity index is 2.72. The zero-order valence-electron chi connectivity index (χ0n) is 7.48. The first-order valence-electron chi connectivity index (χ1n) is 4.28. The molecule has 0 aliphatic rings. The van der Waals surface area contributed by atoms with Crippen LogP contribution in [0.5, 0.6) is 0 Å². The number of hydrogen-bond donors (Lipinski definition) is 1. The summed E-state index contributed by atoms with van der Waals surface area (Å²) in [5, 5.41) is 1.92. The van der Waals surface area contributed by atoms with Crippen LogP contribution in [0.4, 0.5) is 0 Å². The Morgan fingerprint density at radius 2 is 2.29 bits per heavy atom. The minimum atomic E-state index is 0.733. The highest BCUT2D eigenvalue weighted by atomic mass is 79.9. The van der Waals surface area contributed by atoms with E-state index in [-0.39, 0.29) is 0 Å². The highest BCUT2D eigenvalue weighted by Crippen LogP contribution is 2.30. The molecule has 0 amide bonds. The molecule has 0 aliphatic heterocycles. The van der Waals surface area contributed by atoms with Gasteiger partial charge >= 0.3 is 0 Å². The standard InChI is InChI=1S/C11H9BrClN/c1-2-3-7-6-14-10-5-8(13)4-9(12)11(7)10/h2,4-6,14H,1,3H2. The van der Waals surface area contributed by atoms with Gasteiger partial charge in [-0.1, -0.05) is 33.6 Å². The van der Waals surface area contributed by atoms with Gasteiger partial charge in [0.2, 0.25) is 0 Å². The van der Waals surface area contributed by atoms with E-state index in [4.69, 9.17) is 11.6 Å². The van der Waals surface area contributed by atoms with E-state index in [9.17, 15) is 0 Å². The highest BCUT2D eigenvalue weighted by molar-refractivity contribution is 9.10. The number of fused-ring (bicyclic) bond motifs is 1. The van der Waals surface area contributed by atoms with Gasteiger partial charge in [0.15, 0.2) is 0 Å². The first-order chi connectivity index (χ1) is 6.72. The molecule has 1 heterocycles. The maximum atomic E-state index is 5.94. The van der Waals surface area contributed by atoms with Crippen molar-refractivity contribution < 1.29 is 0 Å². The molecular weight excluding hydrogens is 261 g/mol. The van der Waals surface area contributed by atoms with E-state index in [0.29, 0.717) is 0 Å². The lowest BCUT2D eigenvalue weighted by atomic mass is 10.1. The molecule has 0 saturated carbocycles. The summed E-state index contributed by atoms with van der Waals surface area (Å²) < 4.78 is 1.03. The number of benzene rings is 1. The van der Waals surface area contributed by atoms with Crippen molar-refractivity contribution >= 4 is 38.4 Å². The molecule has 2 rings (SSSR count). The van der Waals surface area contributed by atoms with Crippen molar-refractivity contribution in [2.75, 3.05) is 0 Å². The molecule has 1 aromatic heterocycles. The molecule has 0 aliphatic carbocycles. The van der Waals surface area contributed by atoms with Gasteiger partial charge in [0.25, 0.3) is 0 Å². The molecule has 0 spiro atoms. The summed E-state index contributed by atoms with van der Waals surface area (Å²) in [7, 11) is 0. The number of nitrogens with one attached hydrogen (secondary N) is 1. The number of halogens is 2. The number of rotatable bonds is 2. The van der Waals surface area contributed by atoms with Crippen molar-refractivity contribution in [3.63, 3.8) is 0 Å². The number of hydrogen-bond acceptors (Lipinski definition) is 0. The van der Waals surface area contributed by atoms with Gasteiger partial charge in [-0.2, -0.15) is 0 Å². The normalized spacial score (nSPS) is 10.7. The average molecular weight is 271 g/mol. The van der Waals surface area contributed by atoms with Crippen molar-refractivity contribution in [2.45, 2.75) is 6.42 Å². The fourth-order valence-electron chi connectivity index (χ4n) is 1.57. The second-order valence-electron chi connectivity index (χ2n) is 3.12. The summed E-state index contributed by atoms with van der Waals surface area (Å²) >= 11 is 9.45. The van der Waals surface area contributed by atoms with Crippen LogP contribution in [0.25, 0.3) is 10.9 Å². The van der Waals surface area contributed by atoms with Gasteiger partial charge in [0.1, 0.15) is 0 Å². The molecule has 3 heteroatoms. The lowest BCUT2D eigenvalue weighted by molar-refractivity contribution is 1.29. The number of aromatic nitrogens is 1. The first kappa shape index (κ1) is 9.81. The van der Waals surface area contributed by atoms with Crippen LogP contribution in [-0.4, -0.2) is 4.98 Å². The second-order valence-corrected chi connectivity index (χ2v) is 4.41. The van der Waals surface area contributed by atoms with Crippen LogP contribution in [0, 0.1) is 0 Å². The minimum absolute atomic E-state index is 0.733. The van der Waals surface area contributed by atoms with E-state index in [0.717, 1.165) is 21.4 Å². The van der Waals surface area contributed by atoms with Crippen LogP contribution in [0.15, 0.2) is 35.5 Å². The molecule has 1 aromatic carbocycles. The second kappa shape index (κ2) is 3.79. The quantitative estimate of drug-likeness (QED) is 0.783. The van der Waals surface area contributed by atoms with Gasteiger partial charge < -0.3 is 4.98 Å². The highest BCUT2D eigenvalue weighted by Gasteiger charge is 2.07. The summed E-state index contributed by atoms with van der Waals surface area (Å²) in [6, 6.07) is 3.83. The van der Waals surface area contributed by atoms with E-state index in [1.165, 1.54) is 10.9 Å². The predicted octanol–water partition coefficient (Wildman–Crippen LogP) is 4.31. The number of H-pyrrole nitrogens is 1. The van der Waals surface area contributed by atoms with Crippen LogP contribution in [0.1, 0.15) is 5.56 Å². The molecule has 0 saturated heterocycles. The summed E-state index contributed by atoms with van der Waals surface area (Å²) in [4.78, 5) is 3.19. The van der Waals surface area contributed by atoms with E-state index in [1.807, 2.05) is 24.4 Å². The zero-order valence-corrected chi connectivity index (χ0v) is 9.82. The van der Waals surface area contributed by atoms with Crippen LogP contribution in [0.2, 0.25) is 5.02 Å². The average Bonchev–Trinajstić information content (AvgIpc) is 2.49. The molecule has 0 unspecified atom stereocenters. The van der Waals surface area contributed by atoms with Crippen LogP contribution < -0.4 is 0 Å². The van der Waals surface area contributed by atoms with E-state index in [2.05, 4.69) is 27.5 Å². The summed E-state index contributed by atoms with van der Waals surface area (Å²) in [5.74, 6) is 0. The molecule has 0 bridgehead atoms. The third kappa shape index (κ3) is 1.60. The molecule has 0 radical (unpaired) electrons. The lowest BCUT2D eigenvalue weighted by Crippen LogP contribution is -1.78. The zero-order chi connectivity index (χ0) is 10.1. The summed E-state index contributed by atoms with van der Waals surface area (Å²) in [5.41, 5.74) is 2.29. The largest absolute Gasteiger partial charge is 0.361 e. The molecule has 0 atom stereocenters. The van der Waals surface area contributed by atoms with Crippen LogP contribution >= 0.6 is 27.5 Å². The molecule has 2 aromatic rings. The Kier molecular flexibility index (Phi) is 2.66. The van der Waals surface area contributed by atoms with Crippen molar-refractivity contribution in [1.29, 1.82) is 0 Å². The lowest BCUT2D eigenvalue weighted by Gasteiger charge is -1.99. The monoisotopic (exact) mass is 269 g/mol. The molecular formula is C11H9BrClN. The van der Waals surface area contributed by atoms with Gasteiger partial charge in [-0.3, -0.25) is 0 Å². The summed E-state index contributed by atoms with van der Waals surface area (Å²) in [6.07, 6.45) is 4.75. The predicted molar refractivity (Wildman–Crippen MR) is 64.9 cm³/mol. The maximum Gasteiger partial charge on any atom is 0.0483 e. The molecule has 72 valence electrons. The SMILES string of the molecule is C=CCc1c[nH]c2cc(Cl)cc(Br)c12. The number of aromatic amines is 1. The third-order valence-corrected chi connectivity index (χ3v) is 2.99. The third-order valence-electron chi connectivity index (χ3n) is 2.14. The van der Waals surface area contributed by atoms with Crippen LogP contribution in [-0.2, 0) is 6.42 Å². The molecule has 14 heavy (non-hydrogen) atoms. The fraction of sp³-hybridized carbons (Fsp3) is 0.0909. The Morgan fingerprint density at radius 3 is 3.00 bits per heavy atom. The van der Waals surface area contributed by atoms with Crippen molar-refractivity contribution in [3.8, 4) is 0 Å². The van der Waals surface area contributed by atoms with Crippen molar-refractivity contribution in [1.82, 2.24) is 4.98 Å². The van der Waals surface area contributed by atoms with Crippen molar-refractivity contribution in [3.05, 3.63) is 46.0 Å². The van der Waals surface area contributed by atoms with Gasteiger partial charge in [0, 0.05) is 26.6 Å². The Morgan fingerprint density at radius 1 is 1.50 bits per heavy atom. The Hall–Kier alpha value is -0.730. The van der Waals surface area contributed by atoms with Gasteiger partial charge in [-0.05, 0) is 24.1 Å². The molecule has 1 nitrogen and oxygen atoms in total. The van der Waals surface area contributed by atoms with E-state index >= 15 is 0 Å². The topological polar surface area (TPSA) is 15.8 Å². The van der Waals surface area contributed by atoms with Gasteiger partial charge in [-0.25, -0.2) is 0 Å². The molecule has 0 fully saturated rings. The summed E-state index contributed by atoms with van der Waals surface area (Å²) in [6.45, 7) is 3.73. The fourth-order valence-corrected chi connectivity index (χ4v) is 2.63. The van der Waals surface area contributed by atoms with Gasteiger partial charge in [-0.15, -0.1) is 6.58 Å². The molecule has 1 N–H and O–H groups in total. The maximum absolute atomic E-state index is 5.94. The van der Waals surface area contributed by atoms with Crippen molar-refractivity contribution in [2.24, 2.45) is 0 Å². The minimum Gasteiger partial charge on any atom is -0.361 e. The van der Waals surface area contributed by atoms with E-state index in [1.54, 1.807) is 0 Å². The van der Waals surface area contributed by atoms with Crippen LogP contribution in [0.3, 0.4) is 0 Å². The number of allylic oxidation sites excluding steroid dienone is 1. The van der Waals surface area contributed by atoms with Gasteiger partial charge in [0.05, 0.1) is 0 Å². The Labute approximate surface area is 95.9 Å². The Bertz CT molecular complexity index is 487. The first-order valence-corrected chi connectivity index (χ1v) is 5.45.